The minimum absolute atomic E-state index is 0.246. The van der Waals surface area contributed by atoms with Crippen LogP contribution in [-0.4, -0.2) is 15.7 Å². The average molecular weight is 272 g/mol. The van der Waals surface area contributed by atoms with Crippen molar-refractivity contribution < 1.29 is 17.9 Å². The van der Waals surface area contributed by atoms with Gasteiger partial charge in [0.1, 0.15) is 5.75 Å². The third-order valence-electron chi connectivity index (χ3n) is 2.67. The van der Waals surface area contributed by atoms with Crippen molar-refractivity contribution in [1.29, 1.82) is 0 Å². The number of aromatic nitrogens is 2. The van der Waals surface area contributed by atoms with Gasteiger partial charge in [0.2, 0.25) is 0 Å². The van der Waals surface area contributed by atoms with Gasteiger partial charge in [0.05, 0.1) is 5.69 Å². The van der Waals surface area contributed by atoms with E-state index in [2.05, 4.69) is 4.74 Å². The number of hydrogen-bond acceptors (Lipinski definition) is 2. The van der Waals surface area contributed by atoms with Crippen LogP contribution in [0.1, 0.15) is 5.69 Å². The quantitative estimate of drug-likeness (QED) is 0.841. The molecule has 0 unspecified atom stereocenters. The molecule has 4 nitrogen and oxygen atoms in total. The SMILES string of the molecule is Cc1cc(=O)n(-c2ccc(OC(F)(F)F)cc2)n1C. The molecule has 1 aromatic heterocycles. The van der Waals surface area contributed by atoms with Crippen molar-refractivity contribution >= 4 is 0 Å². The summed E-state index contributed by atoms with van der Waals surface area (Å²) in [5.74, 6) is -0.324. The molecular weight excluding hydrogens is 261 g/mol. The molecule has 0 aliphatic heterocycles. The summed E-state index contributed by atoms with van der Waals surface area (Å²) < 4.78 is 42.8. The molecule has 0 aliphatic carbocycles. The smallest absolute Gasteiger partial charge is 0.406 e. The summed E-state index contributed by atoms with van der Waals surface area (Å²) in [5.41, 5.74) is 0.972. The summed E-state index contributed by atoms with van der Waals surface area (Å²) >= 11 is 0. The van der Waals surface area contributed by atoms with Crippen LogP contribution in [0.15, 0.2) is 35.1 Å². The maximum absolute atomic E-state index is 12.0. The molecule has 0 radical (unpaired) electrons. The molecule has 0 N–H and O–H groups in total. The molecule has 2 rings (SSSR count). The Morgan fingerprint density at radius 1 is 1.16 bits per heavy atom. The van der Waals surface area contributed by atoms with Gasteiger partial charge in [0, 0.05) is 18.8 Å². The summed E-state index contributed by atoms with van der Waals surface area (Å²) in [7, 11) is 1.69. The largest absolute Gasteiger partial charge is 0.573 e. The summed E-state index contributed by atoms with van der Waals surface area (Å²) in [6.45, 7) is 1.76. The Bertz CT molecular complexity index is 638. The predicted octanol–water partition coefficient (Wildman–Crippen LogP) is 2.38. The highest BCUT2D eigenvalue weighted by molar-refractivity contribution is 5.37. The number of ether oxygens (including phenoxy) is 1. The number of rotatable bonds is 2. The van der Waals surface area contributed by atoms with Crippen LogP contribution in [0.3, 0.4) is 0 Å². The first-order valence-corrected chi connectivity index (χ1v) is 5.40. The zero-order valence-corrected chi connectivity index (χ0v) is 10.2. The molecule has 19 heavy (non-hydrogen) atoms. The fourth-order valence-corrected chi connectivity index (χ4v) is 1.73. The lowest BCUT2D eigenvalue weighted by Gasteiger charge is -2.11. The van der Waals surface area contributed by atoms with E-state index < -0.39 is 6.36 Å². The van der Waals surface area contributed by atoms with E-state index in [9.17, 15) is 18.0 Å². The second-order valence-electron chi connectivity index (χ2n) is 4.00. The number of halogens is 3. The third-order valence-corrected chi connectivity index (χ3v) is 2.67. The highest BCUT2D eigenvalue weighted by atomic mass is 19.4. The van der Waals surface area contributed by atoms with Crippen molar-refractivity contribution in [1.82, 2.24) is 9.36 Å². The molecule has 0 saturated heterocycles. The molecule has 0 atom stereocenters. The van der Waals surface area contributed by atoms with Crippen LogP contribution >= 0.6 is 0 Å². The number of hydrogen-bond donors (Lipinski definition) is 0. The lowest BCUT2D eigenvalue weighted by atomic mass is 10.3. The number of aryl methyl sites for hydroxylation is 1. The highest BCUT2D eigenvalue weighted by Gasteiger charge is 2.31. The van der Waals surface area contributed by atoms with Crippen LogP contribution in [0.25, 0.3) is 5.69 Å². The molecule has 1 heterocycles. The Hall–Kier alpha value is -2.18. The third kappa shape index (κ3) is 2.81. The van der Waals surface area contributed by atoms with Crippen LogP contribution in [0.5, 0.6) is 5.75 Å². The van der Waals surface area contributed by atoms with E-state index in [0.29, 0.717) is 5.69 Å². The number of alkyl halides is 3. The van der Waals surface area contributed by atoms with E-state index in [1.165, 1.54) is 22.9 Å². The molecule has 2 aromatic rings. The second-order valence-corrected chi connectivity index (χ2v) is 4.00. The highest BCUT2D eigenvalue weighted by Crippen LogP contribution is 2.23. The summed E-state index contributed by atoms with van der Waals surface area (Å²) in [5, 5.41) is 0. The van der Waals surface area contributed by atoms with Gasteiger partial charge < -0.3 is 4.74 Å². The van der Waals surface area contributed by atoms with Gasteiger partial charge in [-0.3, -0.25) is 9.48 Å². The van der Waals surface area contributed by atoms with Gasteiger partial charge >= 0.3 is 6.36 Å². The van der Waals surface area contributed by atoms with Crippen molar-refractivity contribution in [3.05, 3.63) is 46.4 Å². The zero-order chi connectivity index (χ0) is 14.2. The standard InChI is InChI=1S/C12H11F3N2O2/c1-8-7-11(18)17(16(8)2)9-3-5-10(6-4-9)19-12(13,14)15/h3-7H,1-2H3. The molecule has 0 fully saturated rings. The Balaban J connectivity index is 2.35. The van der Waals surface area contributed by atoms with Crippen LogP contribution in [-0.2, 0) is 7.05 Å². The molecule has 102 valence electrons. The Morgan fingerprint density at radius 2 is 1.74 bits per heavy atom. The first kappa shape index (κ1) is 13.3. The zero-order valence-electron chi connectivity index (χ0n) is 10.2. The fraction of sp³-hybridized carbons (Fsp3) is 0.250. The van der Waals surface area contributed by atoms with Gasteiger partial charge in [-0.2, -0.15) is 0 Å². The summed E-state index contributed by atoms with van der Waals surface area (Å²) in [4.78, 5) is 11.7. The van der Waals surface area contributed by atoms with Gasteiger partial charge in [-0.25, -0.2) is 4.68 Å². The van der Waals surface area contributed by atoms with E-state index in [-0.39, 0.29) is 11.3 Å². The van der Waals surface area contributed by atoms with Gasteiger partial charge in [-0.1, -0.05) is 0 Å². The minimum atomic E-state index is -4.72. The monoisotopic (exact) mass is 272 g/mol. The summed E-state index contributed by atoms with van der Waals surface area (Å²) in [6.07, 6.45) is -4.72. The molecule has 0 bridgehead atoms. The molecule has 1 aromatic carbocycles. The van der Waals surface area contributed by atoms with E-state index >= 15 is 0 Å². The average Bonchev–Trinajstić information content (AvgIpc) is 2.53. The van der Waals surface area contributed by atoms with Crippen molar-refractivity contribution in [2.75, 3.05) is 0 Å². The minimum Gasteiger partial charge on any atom is -0.406 e. The number of benzene rings is 1. The Labute approximate surface area is 106 Å². The van der Waals surface area contributed by atoms with Crippen molar-refractivity contribution in [3.8, 4) is 11.4 Å². The van der Waals surface area contributed by atoms with Gasteiger partial charge in [0.15, 0.2) is 0 Å². The van der Waals surface area contributed by atoms with Crippen LogP contribution < -0.4 is 10.3 Å². The Kier molecular flexibility index (Phi) is 3.13. The first-order valence-electron chi connectivity index (χ1n) is 5.40. The first-order chi connectivity index (χ1) is 8.78. The summed E-state index contributed by atoms with van der Waals surface area (Å²) in [6, 6.07) is 6.55. The van der Waals surface area contributed by atoms with Crippen molar-refractivity contribution in [3.63, 3.8) is 0 Å². The van der Waals surface area contributed by atoms with Gasteiger partial charge in [-0.05, 0) is 31.2 Å². The molecular formula is C12H11F3N2O2. The normalized spacial score (nSPS) is 11.6. The molecule has 0 aliphatic rings. The van der Waals surface area contributed by atoms with Gasteiger partial charge in [0.25, 0.3) is 5.56 Å². The predicted molar refractivity (Wildman–Crippen MR) is 62.4 cm³/mol. The maximum Gasteiger partial charge on any atom is 0.573 e. The van der Waals surface area contributed by atoms with E-state index in [1.807, 2.05) is 0 Å². The molecule has 0 amide bonds. The van der Waals surface area contributed by atoms with Crippen molar-refractivity contribution in [2.24, 2.45) is 7.05 Å². The molecule has 0 spiro atoms. The van der Waals surface area contributed by atoms with Crippen molar-refractivity contribution in [2.45, 2.75) is 13.3 Å². The topological polar surface area (TPSA) is 36.2 Å². The van der Waals surface area contributed by atoms with Crippen LogP contribution in [0.2, 0.25) is 0 Å². The lowest BCUT2D eigenvalue weighted by molar-refractivity contribution is -0.274. The fourth-order valence-electron chi connectivity index (χ4n) is 1.73. The maximum atomic E-state index is 12.0. The van der Waals surface area contributed by atoms with Crippen LogP contribution in [0, 0.1) is 6.92 Å². The van der Waals surface area contributed by atoms with Crippen LogP contribution in [0.4, 0.5) is 13.2 Å². The van der Waals surface area contributed by atoms with E-state index in [1.54, 1.807) is 18.7 Å². The number of nitrogens with zero attached hydrogens (tertiary/aromatic N) is 2. The van der Waals surface area contributed by atoms with E-state index in [0.717, 1.165) is 17.8 Å². The van der Waals surface area contributed by atoms with E-state index in [4.69, 9.17) is 0 Å². The van der Waals surface area contributed by atoms with Gasteiger partial charge in [-0.15, -0.1) is 13.2 Å². The lowest BCUT2D eigenvalue weighted by Crippen LogP contribution is -2.19. The second kappa shape index (κ2) is 4.49. The molecule has 0 saturated carbocycles. The molecule has 7 heteroatoms. The Morgan fingerprint density at radius 3 is 2.16 bits per heavy atom.